The summed E-state index contributed by atoms with van der Waals surface area (Å²) in [4.78, 5) is 5.34. The molecule has 0 aliphatic rings. The van der Waals surface area contributed by atoms with E-state index in [0.717, 1.165) is 6.42 Å². The standard InChI is InChI=1S/C11H16NS/c1-2-3-4-5-9-13-11-7-6-8-12-10-11/h6-8,10H,1-5,9H2. The van der Waals surface area contributed by atoms with Crippen LogP contribution in [0.1, 0.15) is 25.7 Å². The van der Waals surface area contributed by atoms with Crippen molar-refractivity contribution in [1.82, 2.24) is 4.98 Å². The van der Waals surface area contributed by atoms with E-state index in [0.29, 0.717) is 0 Å². The average Bonchev–Trinajstić information content (AvgIpc) is 2.19. The molecule has 0 N–H and O–H groups in total. The minimum atomic E-state index is 1.07. The van der Waals surface area contributed by atoms with E-state index in [-0.39, 0.29) is 0 Å². The molecule has 71 valence electrons. The molecule has 1 nitrogen and oxygen atoms in total. The van der Waals surface area contributed by atoms with E-state index in [2.05, 4.69) is 18.0 Å². The molecule has 0 atom stereocenters. The number of nitrogens with zero attached hydrogens (tertiary/aromatic N) is 1. The van der Waals surface area contributed by atoms with E-state index < -0.39 is 0 Å². The van der Waals surface area contributed by atoms with Gasteiger partial charge in [0.2, 0.25) is 0 Å². The van der Waals surface area contributed by atoms with Crippen molar-refractivity contribution in [3.05, 3.63) is 31.5 Å². The van der Waals surface area contributed by atoms with Gasteiger partial charge in [-0.25, -0.2) is 0 Å². The van der Waals surface area contributed by atoms with Crippen LogP contribution in [0.5, 0.6) is 0 Å². The van der Waals surface area contributed by atoms with Gasteiger partial charge in [-0.15, -0.1) is 11.8 Å². The van der Waals surface area contributed by atoms with Crippen molar-refractivity contribution < 1.29 is 0 Å². The fourth-order valence-corrected chi connectivity index (χ4v) is 1.97. The Hall–Kier alpha value is -0.500. The van der Waals surface area contributed by atoms with E-state index in [1.54, 1.807) is 0 Å². The number of rotatable bonds is 6. The molecule has 0 amide bonds. The van der Waals surface area contributed by atoms with Gasteiger partial charge < -0.3 is 0 Å². The SMILES string of the molecule is [CH2]CCCCCSc1cccnc1. The smallest absolute Gasteiger partial charge is 0.0403 e. The summed E-state index contributed by atoms with van der Waals surface area (Å²) in [5.41, 5.74) is 0. The predicted molar refractivity (Wildman–Crippen MR) is 58.8 cm³/mol. The van der Waals surface area contributed by atoms with Crippen molar-refractivity contribution in [2.24, 2.45) is 0 Å². The maximum atomic E-state index is 4.07. The van der Waals surface area contributed by atoms with Crippen LogP contribution in [0.2, 0.25) is 0 Å². The Morgan fingerprint density at radius 2 is 2.23 bits per heavy atom. The summed E-state index contributed by atoms with van der Waals surface area (Å²) in [6.45, 7) is 3.82. The highest BCUT2D eigenvalue weighted by molar-refractivity contribution is 7.99. The van der Waals surface area contributed by atoms with E-state index >= 15 is 0 Å². The Morgan fingerprint density at radius 3 is 2.92 bits per heavy atom. The number of aromatic nitrogens is 1. The van der Waals surface area contributed by atoms with Gasteiger partial charge in [0.25, 0.3) is 0 Å². The van der Waals surface area contributed by atoms with Crippen molar-refractivity contribution >= 4 is 11.8 Å². The third kappa shape index (κ3) is 4.94. The van der Waals surface area contributed by atoms with Gasteiger partial charge in [-0.1, -0.05) is 26.2 Å². The van der Waals surface area contributed by atoms with Crippen LogP contribution in [-0.4, -0.2) is 10.7 Å². The number of hydrogen-bond acceptors (Lipinski definition) is 2. The number of thioether (sulfide) groups is 1. The molecule has 1 rings (SSSR count). The van der Waals surface area contributed by atoms with Gasteiger partial charge in [0.05, 0.1) is 0 Å². The Balaban J connectivity index is 2.07. The van der Waals surface area contributed by atoms with Gasteiger partial charge in [-0.2, -0.15) is 0 Å². The Bertz CT molecular complexity index is 211. The van der Waals surface area contributed by atoms with Gasteiger partial charge in [0.15, 0.2) is 0 Å². The minimum Gasteiger partial charge on any atom is -0.264 e. The topological polar surface area (TPSA) is 12.9 Å². The van der Waals surface area contributed by atoms with Crippen LogP contribution in [0.4, 0.5) is 0 Å². The third-order valence-corrected chi connectivity index (χ3v) is 2.87. The first kappa shape index (κ1) is 10.6. The highest BCUT2D eigenvalue weighted by Gasteiger charge is 1.92. The normalized spacial score (nSPS) is 10.2. The van der Waals surface area contributed by atoms with E-state index in [4.69, 9.17) is 0 Å². The first-order valence-electron chi connectivity index (χ1n) is 4.75. The van der Waals surface area contributed by atoms with E-state index in [1.165, 1.54) is 29.9 Å². The Labute approximate surface area is 85.0 Å². The van der Waals surface area contributed by atoms with Crippen LogP contribution in [0.15, 0.2) is 29.4 Å². The van der Waals surface area contributed by atoms with E-state index in [1.807, 2.05) is 30.2 Å². The first-order chi connectivity index (χ1) is 6.43. The van der Waals surface area contributed by atoms with Crippen LogP contribution >= 0.6 is 11.8 Å². The zero-order valence-electron chi connectivity index (χ0n) is 7.91. The largest absolute Gasteiger partial charge is 0.264 e. The zero-order chi connectivity index (χ0) is 9.36. The second-order valence-corrected chi connectivity index (χ2v) is 4.12. The summed E-state index contributed by atoms with van der Waals surface area (Å²) >= 11 is 1.89. The van der Waals surface area contributed by atoms with Crippen LogP contribution in [0.25, 0.3) is 0 Å². The van der Waals surface area contributed by atoms with Gasteiger partial charge in [-0.3, -0.25) is 4.98 Å². The lowest BCUT2D eigenvalue weighted by Crippen LogP contribution is -1.81. The maximum Gasteiger partial charge on any atom is 0.0403 e. The molecule has 0 saturated heterocycles. The summed E-state index contributed by atoms with van der Waals surface area (Å²) in [6.07, 6.45) is 8.65. The average molecular weight is 194 g/mol. The molecule has 1 radical (unpaired) electrons. The van der Waals surface area contributed by atoms with E-state index in [9.17, 15) is 0 Å². The fourth-order valence-electron chi connectivity index (χ4n) is 1.08. The molecular weight excluding hydrogens is 178 g/mol. The maximum absolute atomic E-state index is 4.07. The molecule has 1 aromatic rings. The van der Waals surface area contributed by atoms with Crippen molar-refractivity contribution in [2.75, 3.05) is 5.75 Å². The van der Waals surface area contributed by atoms with Gasteiger partial charge >= 0.3 is 0 Å². The van der Waals surface area contributed by atoms with Crippen LogP contribution in [0, 0.1) is 6.92 Å². The van der Waals surface area contributed by atoms with Crippen LogP contribution in [-0.2, 0) is 0 Å². The summed E-state index contributed by atoms with van der Waals surface area (Å²) in [5.74, 6) is 1.20. The molecule has 0 spiro atoms. The molecule has 1 aromatic heterocycles. The van der Waals surface area contributed by atoms with Crippen molar-refractivity contribution in [3.63, 3.8) is 0 Å². The minimum absolute atomic E-state index is 1.07. The summed E-state index contributed by atoms with van der Waals surface area (Å²) in [5, 5.41) is 0. The molecule has 13 heavy (non-hydrogen) atoms. The second kappa shape index (κ2) is 6.96. The molecule has 2 heteroatoms. The van der Waals surface area contributed by atoms with Crippen LogP contribution < -0.4 is 0 Å². The summed E-state index contributed by atoms with van der Waals surface area (Å²) < 4.78 is 0. The van der Waals surface area contributed by atoms with Gasteiger partial charge in [0.1, 0.15) is 0 Å². The lowest BCUT2D eigenvalue weighted by Gasteiger charge is -1.99. The molecule has 0 fully saturated rings. The number of unbranched alkanes of at least 4 members (excludes halogenated alkanes) is 3. The predicted octanol–water partition coefficient (Wildman–Crippen LogP) is 3.57. The lowest BCUT2D eigenvalue weighted by molar-refractivity contribution is 0.733. The first-order valence-corrected chi connectivity index (χ1v) is 5.74. The molecule has 0 saturated carbocycles. The van der Waals surface area contributed by atoms with Crippen LogP contribution in [0.3, 0.4) is 0 Å². The van der Waals surface area contributed by atoms with Crippen molar-refractivity contribution in [1.29, 1.82) is 0 Å². The third-order valence-electron chi connectivity index (χ3n) is 1.80. The highest BCUT2D eigenvalue weighted by atomic mass is 32.2. The second-order valence-electron chi connectivity index (χ2n) is 2.95. The van der Waals surface area contributed by atoms with Gasteiger partial charge in [-0.05, 0) is 24.3 Å². The fraction of sp³-hybridized carbons (Fsp3) is 0.455. The molecule has 1 heterocycles. The number of pyridine rings is 1. The zero-order valence-corrected chi connectivity index (χ0v) is 8.72. The van der Waals surface area contributed by atoms with Gasteiger partial charge in [0, 0.05) is 17.3 Å². The molecule has 0 aromatic carbocycles. The summed E-state index contributed by atoms with van der Waals surface area (Å²) in [7, 11) is 0. The summed E-state index contributed by atoms with van der Waals surface area (Å²) in [6, 6.07) is 4.09. The van der Waals surface area contributed by atoms with Crippen molar-refractivity contribution in [3.8, 4) is 0 Å². The molecule has 0 aliphatic heterocycles. The molecule has 0 aliphatic carbocycles. The molecule has 0 unspecified atom stereocenters. The molecular formula is C11H16NS. The Morgan fingerprint density at radius 1 is 1.31 bits per heavy atom. The highest BCUT2D eigenvalue weighted by Crippen LogP contribution is 2.17. The number of hydrogen-bond donors (Lipinski definition) is 0. The van der Waals surface area contributed by atoms with Crippen molar-refractivity contribution in [2.45, 2.75) is 30.6 Å². The quantitative estimate of drug-likeness (QED) is 0.507. The monoisotopic (exact) mass is 194 g/mol. The lowest BCUT2D eigenvalue weighted by atomic mass is 10.2. The molecule has 0 bridgehead atoms. The Kier molecular flexibility index (Phi) is 5.66.